The molecule has 2 aromatic heterocycles. The lowest BCUT2D eigenvalue weighted by Crippen LogP contribution is -2.01. The van der Waals surface area contributed by atoms with Crippen LogP contribution < -0.4 is 0 Å². The van der Waals surface area contributed by atoms with Crippen molar-refractivity contribution in [1.29, 1.82) is 0 Å². The molecular formula is C12H14N2O4S2. The van der Waals surface area contributed by atoms with Gasteiger partial charge in [0.1, 0.15) is 9.75 Å². The zero-order chi connectivity index (χ0) is 16.9. The average molecular weight is 316 g/mol. The molecule has 0 saturated heterocycles. The first-order chi connectivity index (χ1) is 10.3. The van der Waals surface area contributed by atoms with Crippen molar-refractivity contribution in [3.8, 4) is 0 Å². The molecule has 0 fully saturated rings. The predicted molar refractivity (Wildman–Crippen MR) is 76.6 cm³/mol. The molecule has 0 amide bonds. The number of ether oxygens (including phenoxy) is 1. The zero-order valence-corrected chi connectivity index (χ0v) is 12.7. The van der Waals surface area contributed by atoms with Crippen LogP contribution in [0.1, 0.15) is 39.0 Å². The Hall–Kier alpha value is -1.80. The molecule has 0 bridgehead atoms. The van der Waals surface area contributed by atoms with Gasteiger partial charge in [0, 0.05) is 0 Å². The quantitative estimate of drug-likeness (QED) is 0.876. The first kappa shape index (κ1) is 13.2. The van der Waals surface area contributed by atoms with E-state index in [2.05, 4.69) is 9.97 Å². The van der Waals surface area contributed by atoms with Crippen molar-refractivity contribution >= 4 is 34.6 Å². The van der Waals surface area contributed by atoms with E-state index in [1.54, 1.807) is 20.8 Å². The van der Waals surface area contributed by atoms with Gasteiger partial charge in [0.15, 0.2) is 0 Å². The van der Waals surface area contributed by atoms with E-state index < -0.39 is 11.9 Å². The standard InChI is InChI=1S/C7H9NO2S.C5H5NO2S/c1-3-10-7(9)6-4-8-5(2)11-6;1-3-6-2-4(9-3)5(7)8/h4H,3H2,1-2H3;2H,1H3,(H,7,8)/i4D;2D. The molecule has 0 aliphatic rings. The van der Waals surface area contributed by atoms with Crippen LogP contribution in [0.3, 0.4) is 0 Å². The molecule has 1 N–H and O–H groups in total. The van der Waals surface area contributed by atoms with E-state index in [0.29, 0.717) is 16.6 Å². The third-order valence-electron chi connectivity index (χ3n) is 1.78. The number of carbonyl (C=O) groups excluding carboxylic acids is 1. The fourth-order valence-electron chi connectivity index (χ4n) is 1.02. The summed E-state index contributed by atoms with van der Waals surface area (Å²) in [7, 11) is 0. The van der Waals surface area contributed by atoms with Crippen LogP contribution in [-0.2, 0) is 4.74 Å². The maximum absolute atomic E-state index is 11.1. The zero-order valence-electron chi connectivity index (χ0n) is 13.1. The SMILES string of the molecule is [2H]c1nc(C)sc1C(=O)O.[2H]c1nc(C)sc1C(=O)OCC. The molecule has 2 aromatic rings. The van der Waals surface area contributed by atoms with Crippen molar-refractivity contribution < 1.29 is 22.2 Å². The lowest BCUT2D eigenvalue weighted by Gasteiger charge is -1.95. The number of rotatable bonds is 3. The van der Waals surface area contributed by atoms with Crippen molar-refractivity contribution in [1.82, 2.24) is 9.97 Å². The van der Waals surface area contributed by atoms with Gasteiger partial charge < -0.3 is 9.84 Å². The summed E-state index contributed by atoms with van der Waals surface area (Å²) in [6, 6.07) is 0. The number of carboxylic acid groups (broad SMARTS) is 1. The largest absolute Gasteiger partial charge is 0.477 e. The third kappa shape index (κ3) is 5.06. The minimum Gasteiger partial charge on any atom is -0.477 e. The summed E-state index contributed by atoms with van der Waals surface area (Å²) >= 11 is 2.21. The van der Waals surface area contributed by atoms with Gasteiger partial charge in [0.25, 0.3) is 0 Å². The van der Waals surface area contributed by atoms with Crippen LogP contribution in [0, 0.1) is 13.8 Å². The molecule has 0 saturated carbocycles. The van der Waals surface area contributed by atoms with Crippen LogP contribution in [0.25, 0.3) is 0 Å². The number of carboxylic acids is 1. The van der Waals surface area contributed by atoms with E-state index in [9.17, 15) is 9.59 Å². The minimum atomic E-state index is -1.07. The summed E-state index contributed by atoms with van der Waals surface area (Å²) in [5.41, 5.74) is 0. The molecule has 0 unspecified atom stereocenters. The van der Waals surface area contributed by atoms with Crippen molar-refractivity contribution in [3.63, 3.8) is 0 Å². The van der Waals surface area contributed by atoms with E-state index in [1.807, 2.05) is 0 Å². The highest BCUT2D eigenvalue weighted by Crippen LogP contribution is 2.12. The molecule has 8 heteroatoms. The molecule has 2 heterocycles. The number of aromatic nitrogens is 2. The van der Waals surface area contributed by atoms with Crippen molar-refractivity contribution in [2.45, 2.75) is 20.8 Å². The fourth-order valence-corrected chi connectivity index (χ4v) is 2.21. The monoisotopic (exact) mass is 316 g/mol. The van der Waals surface area contributed by atoms with Crippen LogP contribution >= 0.6 is 22.7 Å². The number of hydrogen-bond acceptors (Lipinski definition) is 7. The highest BCUT2D eigenvalue weighted by molar-refractivity contribution is 7.13. The number of hydrogen-bond donors (Lipinski definition) is 1. The summed E-state index contributed by atoms with van der Waals surface area (Å²) in [5.74, 6) is -1.52. The van der Waals surface area contributed by atoms with Crippen LogP contribution in [0.5, 0.6) is 0 Å². The van der Waals surface area contributed by atoms with Gasteiger partial charge in [-0.1, -0.05) is 0 Å². The predicted octanol–water partition coefficient (Wildman–Crippen LogP) is 2.78. The van der Waals surface area contributed by atoms with E-state index in [-0.39, 0.29) is 22.1 Å². The number of aromatic carboxylic acids is 1. The van der Waals surface area contributed by atoms with Gasteiger partial charge in [-0.05, 0) is 20.8 Å². The Kier molecular flexibility index (Phi) is 5.09. The first-order valence-corrected chi connectivity index (χ1v) is 7.18. The van der Waals surface area contributed by atoms with E-state index in [1.165, 1.54) is 11.3 Å². The van der Waals surface area contributed by atoms with Crippen molar-refractivity contribution in [3.05, 3.63) is 32.1 Å². The lowest BCUT2D eigenvalue weighted by atomic mass is 10.6. The van der Waals surface area contributed by atoms with Gasteiger partial charge in [-0.25, -0.2) is 19.6 Å². The maximum Gasteiger partial charge on any atom is 0.349 e. The van der Waals surface area contributed by atoms with E-state index in [4.69, 9.17) is 12.6 Å². The average Bonchev–Trinajstić information content (AvgIpc) is 2.92. The second-order valence-corrected chi connectivity index (χ2v) is 5.78. The fraction of sp³-hybridized carbons (Fsp3) is 0.333. The summed E-state index contributed by atoms with van der Waals surface area (Å²) in [4.78, 5) is 29.1. The Morgan fingerprint density at radius 1 is 1.25 bits per heavy atom. The second-order valence-electron chi connectivity index (χ2n) is 3.37. The van der Waals surface area contributed by atoms with Crippen LogP contribution in [0.15, 0.2) is 12.3 Å². The van der Waals surface area contributed by atoms with Gasteiger partial charge >= 0.3 is 11.9 Å². The normalized spacial score (nSPS) is 10.9. The number of carbonyl (C=O) groups is 2. The van der Waals surface area contributed by atoms with Crippen molar-refractivity contribution in [2.75, 3.05) is 6.61 Å². The Bertz CT molecular complexity index is 685. The molecule has 0 spiro atoms. The maximum atomic E-state index is 11.1. The van der Waals surface area contributed by atoms with Gasteiger partial charge in [-0.15, -0.1) is 22.7 Å². The molecule has 20 heavy (non-hydrogen) atoms. The second kappa shape index (κ2) is 7.71. The number of esters is 1. The molecule has 108 valence electrons. The molecule has 0 aliphatic carbocycles. The van der Waals surface area contributed by atoms with E-state index in [0.717, 1.165) is 11.3 Å². The topological polar surface area (TPSA) is 89.4 Å². The Morgan fingerprint density at radius 3 is 2.05 bits per heavy atom. The van der Waals surface area contributed by atoms with Crippen LogP contribution in [0.2, 0.25) is 0 Å². The molecule has 0 aliphatic heterocycles. The molecule has 6 nitrogen and oxygen atoms in total. The Morgan fingerprint density at radius 2 is 1.75 bits per heavy atom. The Balaban J connectivity index is 0.000000224. The highest BCUT2D eigenvalue weighted by atomic mass is 32.1. The smallest absolute Gasteiger partial charge is 0.349 e. The van der Waals surface area contributed by atoms with Gasteiger partial charge in [-0.2, -0.15) is 0 Å². The molecule has 2 rings (SSSR count). The van der Waals surface area contributed by atoms with Crippen molar-refractivity contribution in [2.24, 2.45) is 0 Å². The minimum absolute atomic E-state index is 0.0101. The molecule has 0 radical (unpaired) electrons. The van der Waals surface area contributed by atoms with Gasteiger partial charge in [0.2, 0.25) is 0 Å². The molecule has 0 atom stereocenters. The number of aryl methyl sites for hydroxylation is 2. The Labute approximate surface area is 126 Å². The molecule has 0 aromatic carbocycles. The summed E-state index contributed by atoms with van der Waals surface area (Å²) in [6.45, 7) is 5.49. The highest BCUT2D eigenvalue weighted by Gasteiger charge is 2.08. The van der Waals surface area contributed by atoms with Gasteiger partial charge in [-0.3, -0.25) is 0 Å². The summed E-state index contributed by atoms with van der Waals surface area (Å²) in [5, 5.41) is 9.75. The van der Waals surface area contributed by atoms with E-state index >= 15 is 0 Å². The molecular weight excluding hydrogens is 300 g/mol. The number of thiazole rings is 2. The first-order valence-electron chi connectivity index (χ1n) is 6.54. The van der Waals surface area contributed by atoms with Crippen LogP contribution in [0.4, 0.5) is 0 Å². The summed E-state index contributed by atoms with van der Waals surface area (Å²) < 4.78 is 19.1. The third-order valence-corrected chi connectivity index (χ3v) is 3.49. The number of nitrogens with zero attached hydrogens (tertiary/aromatic N) is 2. The lowest BCUT2D eigenvalue weighted by molar-refractivity contribution is 0.0531. The summed E-state index contributed by atoms with van der Waals surface area (Å²) in [6.07, 6.45) is -0.133. The van der Waals surface area contributed by atoms with Gasteiger partial charge in [0.05, 0.1) is 31.7 Å². The van der Waals surface area contributed by atoms with Crippen LogP contribution in [-0.4, -0.2) is 33.6 Å².